The Balaban J connectivity index is 1.78. The third-order valence-corrected chi connectivity index (χ3v) is 3.33. The number of hydrogen-bond donors (Lipinski definition) is 0. The van der Waals surface area contributed by atoms with Crippen LogP contribution in [0.4, 0.5) is 10.1 Å². The lowest BCUT2D eigenvalue weighted by Crippen LogP contribution is -2.34. The lowest BCUT2D eigenvalue weighted by Gasteiger charge is -2.10. The molecule has 0 saturated heterocycles. The standard InChI is InChI=1S/C16H12FN5O2/c1-10-14(20-19-13-4-2-12(17)3-5-13)16(24)22(21-10)15(23)11-6-8-18-9-7-11/h2-9,14H,1H3/t14-/m0/s1. The third-order valence-electron chi connectivity index (χ3n) is 3.33. The van der Waals surface area contributed by atoms with Gasteiger partial charge in [-0.1, -0.05) is 0 Å². The minimum absolute atomic E-state index is 0.297. The molecule has 3 rings (SSSR count). The van der Waals surface area contributed by atoms with Crippen LogP contribution in [0.3, 0.4) is 0 Å². The first kappa shape index (κ1) is 15.6. The van der Waals surface area contributed by atoms with E-state index in [9.17, 15) is 14.0 Å². The summed E-state index contributed by atoms with van der Waals surface area (Å²) in [4.78, 5) is 28.5. The molecule has 2 aromatic rings. The van der Waals surface area contributed by atoms with E-state index in [0.717, 1.165) is 5.01 Å². The van der Waals surface area contributed by atoms with Gasteiger partial charge in [-0.15, -0.1) is 0 Å². The van der Waals surface area contributed by atoms with E-state index in [2.05, 4.69) is 20.3 Å². The van der Waals surface area contributed by atoms with E-state index in [0.29, 0.717) is 17.0 Å². The molecule has 7 nitrogen and oxygen atoms in total. The molecular formula is C16H12FN5O2. The van der Waals surface area contributed by atoms with Gasteiger partial charge in [0.15, 0.2) is 6.04 Å². The Labute approximate surface area is 136 Å². The van der Waals surface area contributed by atoms with Crippen molar-refractivity contribution in [1.82, 2.24) is 9.99 Å². The fourth-order valence-corrected chi connectivity index (χ4v) is 2.08. The molecule has 0 saturated carbocycles. The lowest BCUT2D eigenvalue weighted by molar-refractivity contribution is -0.127. The van der Waals surface area contributed by atoms with E-state index in [1.807, 2.05) is 0 Å². The molecule has 8 heteroatoms. The first-order valence-electron chi connectivity index (χ1n) is 7.06. The van der Waals surface area contributed by atoms with Crippen molar-refractivity contribution in [3.05, 3.63) is 60.2 Å². The zero-order valence-electron chi connectivity index (χ0n) is 12.6. The minimum atomic E-state index is -0.971. The molecule has 2 amide bonds. The lowest BCUT2D eigenvalue weighted by atomic mass is 10.2. The van der Waals surface area contributed by atoms with Crippen LogP contribution in [0.2, 0.25) is 0 Å². The molecule has 1 aromatic carbocycles. The summed E-state index contributed by atoms with van der Waals surface area (Å²) in [5.41, 5.74) is 1.05. The number of carbonyl (C=O) groups excluding carboxylic acids is 2. The second kappa shape index (κ2) is 6.45. The second-order valence-corrected chi connectivity index (χ2v) is 5.03. The monoisotopic (exact) mass is 325 g/mol. The SMILES string of the molecule is CC1=NN(C(=O)c2ccncc2)C(=O)[C@H]1N=Nc1ccc(F)cc1. The van der Waals surface area contributed by atoms with E-state index in [4.69, 9.17) is 0 Å². The Morgan fingerprint density at radius 2 is 1.83 bits per heavy atom. The molecule has 24 heavy (non-hydrogen) atoms. The van der Waals surface area contributed by atoms with Crippen LogP contribution in [0, 0.1) is 5.82 Å². The fraction of sp³-hybridized carbons (Fsp3) is 0.125. The summed E-state index contributed by atoms with van der Waals surface area (Å²) >= 11 is 0. The molecule has 0 spiro atoms. The number of pyridine rings is 1. The van der Waals surface area contributed by atoms with Crippen LogP contribution in [0.15, 0.2) is 64.1 Å². The Kier molecular flexibility index (Phi) is 4.19. The number of azo groups is 1. The van der Waals surface area contributed by atoms with Crippen molar-refractivity contribution < 1.29 is 14.0 Å². The van der Waals surface area contributed by atoms with Crippen molar-refractivity contribution in [2.75, 3.05) is 0 Å². The highest BCUT2D eigenvalue weighted by Gasteiger charge is 2.38. The van der Waals surface area contributed by atoms with Crippen molar-refractivity contribution in [3.8, 4) is 0 Å². The third kappa shape index (κ3) is 3.07. The number of hydrazone groups is 1. The fourth-order valence-electron chi connectivity index (χ4n) is 2.08. The molecule has 0 bridgehead atoms. The van der Waals surface area contributed by atoms with E-state index in [1.54, 1.807) is 6.92 Å². The quantitative estimate of drug-likeness (QED) is 0.642. The summed E-state index contributed by atoms with van der Waals surface area (Å²) in [6.07, 6.45) is 2.91. The van der Waals surface area contributed by atoms with E-state index < -0.39 is 23.7 Å². The molecule has 2 heterocycles. The van der Waals surface area contributed by atoms with Crippen LogP contribution in [-0.4, -0.2) is 33.6 Å². The van der Waals surface area contributed by atoms with Crippen LogP contribution >= 0.6 is 0 Å². The second-order valence-electron chi connectivity index (χ2n) is 5.03. The molecule has 1 aliphatic rings. The number of carbonyl (C=O) groups is 2. The summed E-state index contributed by atoms with van der Waals surface area (Å²) in [5.74, 6) is -1.53. The van der Waals surface area contributed by atoms with Gasteiger partial charge in [0.2, 0.25) is 0 Å². The van der Waals surface area contributed by atoms with Gasteiger partial charge in [0.1, 0.15) is 5.82 Å². The largest absolute Gasteiger partial charge is 0.282 e. The van der Waals surface area contributed by atoms with Crippen molar-refractivity contribution in [2.45, 2.75) is 13.0 Å². The summed E-state index contributed by atoms with van der Waals surface area (Å²) < 4.78 is 12.9. The van der Waals surface area contributed by atoms with Gasteiger partial charge in [-0.3, -0.25) is 14.6 Å². The molecule has 1 aromatic heterocycles. The topological polar surface area (TPSA) is 87.4 Å². The molecular weight excluding hydrogens is 313 g/mol. The highest BCUT2D eigenvalue weighted by Crippen LogP contribution is 2.19. The molecule has 1 aliphatic heterocycles. The Morgan fingerprint density at radius 3 is 2.50 bits per heavy atom. The van der Waals surface area contributed by atoms with Gasteiger partial charge in [0.25, 0.3) is 11.8 Å². The van der Waals surface area contributed by atoms with Gasteiger partial charge in [-0.05, 0) is 43.3 Å². The summed E-state index contributed by atoms with van der Waals surface area (Å²) in [6.45, 7) is 1.59. The molecule has 1 atom stereocenters. The summed E-state index contributed by atoms with van der Waals surface area (Å²) in [5, 5.41) is 12.6. The maximum Gasteiger partial charge on any atom is 0.282 e. The Morgan fingerprint density at radius 1 is 1.17 bits per heavy atom. The van der Waals surface area contributed by atoms with Gasteiger partial charge in [-0.25, -0.2) is 4.39 Å². The van der Waals surface area contributed by atoms with Crippen LogP contribution in [-0.2, 0) is 4.79 Å². The Hall–Kier alpha value is -3.29. The zero-order chi connectivity index (χ0) is 17.1. The number of rotatable bonds is 3. The number of aromatic nitrogens is 1. The first-order valence-corrected chi connectivity index (χ1v) is 7.06. The van der Waals surface area contributed by atoms with Gasteiger partial charge in [0, 0.05) is 18.0 Å². The highest BCUT2D eigenvalue weighted by atomic mass is 19.1. The molecule has 0 fully saturated rings. The smallest absolute Gasteiger partial charge is 0.269 e. The van der Waals surface area contributed by atoms with Crippen LogP contribution in [0.1, 0.15) is 17.3 Å². The van der Waals surface area contributed by atoms with Crippen molar-refractivity contribution in [1.29, 1.82) is 0 Å². The molecule has 0 N–H and O–H groups in total. The molecule has 0 aliphatic carbocycles. The first-order chi connectivity index (χ1) is 11.6. The van der Waals surface area contributed by atoms with Crippen LogP contribution < -0.4 is 0 Å². The molecule has 120 valence electrons. The van der Waals surface area contributed by atoms with Crippen LogP contribution in [0.25, 0.3) is 0 Å². The van der Waals surface area contributed by atoms with Gasteiger partial charge >= 0.3 is 0 Å². The predicted molar refractivity (Wildman–Crippen MR) is 83.2 cm³/mol. The maximum absolute atomic E-state index is 12.9. The van der Waals surface area contributed by atoms with Gasteiger partial charge in [-0.2, -0.15) is 20.3 Å². The predicted octanol–water partition coefficient (Wildman–Crippen LogP) is 2.73. The van der Waals surface area contributed by atoms with Crippen molar-refractivity contribution >= 4 is 23.2 Å². The number of nitrogens with zero attached hydrogens (tertiary/aromatic N) is 5. The molecule has 0 radical (unpaired) electrons. The van der Waals surface area contributed by atoms with E-state index >= 15 is 0 Å². The van der Waals surface area contributed by atoms with Crippen molar-refractivity contribution in [2.24, 2.45) is 15.3 Å². The average Bonchev–Trinajstić information content (AvgIpc) is 2.89. The van der Waals surface area contributed by atoms with Gasteiger partial charge in [0.05, 0.1) is 11.4 Å². The molecule has 0 unspecified atom stereocenters. The number of imide groups is 1. The summed E-state index contributed by atoms with van der Waals surface area (Å²) in [7, 11) is 0. The van der Waals surface area contributed by atoms with Gasteiger partial charge < -0.3 is 0 Å². The normalized spacial score (nSPS) is 17.4. The average molecular weight is 325 g/mol. The summed E-state index contributed by atoms with van der Waals surface area (Å²) in [6, 6.07) is 7.37. The number of benzene rings is 1. The van der Waals surface area contributed by atoms with Crippen molar-refractivity contribution in [3.63, 3.8) is 0 Å². The Bertz CT molecular complexity index is 833. The number of amides is 2. The number of hydrogen-bond acceptors (Lipinski definition) is 6. The van der Waals surface area contributed by atoms with E-state index in [1.165, 1.54) is 48.8 Å². The number of halogens is 1. The minimum Gasteiger partial charge on any atom is -0.269 e. The van der Waals surface area contributed by atoms with Crippen LogP contribution in [0.5, 0.6) is 0 Å². The zero-order valence-corrected chi connectivity index (χ0v) is 12.6. The van der Waals surface area contributed by atoms with E-state index in [-0.39, 0.29) is 0 Å². The maximum atomic E-state index is 12.9. The highest BCUT2D eigenvalue weighted by molar-refractivity contribution is 6.18.